The van der Waals surface area contributed by atoms with Gasteiger partial charge in [-0.3, -0.25) is 14.7 Å². The summed E-state index contributed by atoms with van der Waals surface area (Å²) in [5.41, 5.74) is 3.76. The molecule has 0 radical (unpaired) electrons. The maximum Gasteiger partial charge on any atom is 0.317 e. The van der Waals surface area contributed by atoms with E-state index in [1.54, 1.807) is 0 Å². The molecule has 3 aliphatic rings. The lowest BCUT2D eigenvalue weighted by atomic mass is 9.84. The topological polar surface area (TPSA) is 96.2 Å². The monoisotopic (exact) mass is 548 g/mol. The molecule has 9 heteroatoms. The van der Waals surface area contributed by atoms with Crippen LogP contribution in [0, 0.1) is 0 Å². The molecule has 5 rings (SSSR count). The molecule has 0 aromatic heterocycles. The third kappa shape index (κ3) is 7.68. The van der Waals surface area contributed by atoms with E-state index in [4.69, 9.17) is 14.3 Å². The second kappa shape index (κ2) is 12.9. The minimum Gasteiger partial charge on any atom is -0.480 e. The van der Waals surface area contributed by atoms with Crippen LogP contribution in [-0.4, -0.2) is 89.5 Å². The van der Waals surface area contributed by atoms with E-state index in [0.717, 1.165) is 54.8 Å². The van der Waals surface area contributed by atoms with Gasteiger partial charge in [-0.05, 0) is 43.4 Å². The molecule has 0 aliphatic carbocycles. The van der Waals surface area contributed by atoms with Gasteiger partial charge in [0.15, 0.2) is 0 Å². The quantitative estimate of drug-likeness (QED) is 0.446. The highest BCUT2D eigenvalue weighted by molar-refractivity contribution is 6.01. The van der Waals surface area contributed by atoms with Crippen LogP contribution in [0.1, 0.15) is 56.2 Å². The number of hydrazone groups is 1. The molecule has 2 saturated heterocycles. The summed E-state index contributed by atoms with van der Waals surface area (Å²) in [6.07, 6.45) is 5.13. The number of nitrogens with zero attached hydrogens (tertiary/aromatic N) is 4. The Bertz CT molecular complexity index is 1170. The molecule has 3 heterocycles. The third-order valence-electron chi connectivity index (χ3n) is 7.86. The Morgan fingerprint density at radius 1 is 1.10 bits per heavy atom. The fraction of sp³-hybridized carbons (Fsp3) is 0.516. The van der Waals surface area contributed by atoms with E-state index in [9.17, 15) is 9.90 Å². The molecular weight excluding hydrogens is 508 g/mol. The summed E-state index contributed by atoms with van der Waals surface area (Å²) in [7, 11) is 0. The van der Waals surface area contributed by atoms with Crippen molar-refractivity contribution < 1.29 is 24.2 Å². The van der Waals surface area contributed by atoms with Crippen molar-refractivity contribution in [2.75, 3.05) is 32.7 Å². The van der Waals surface area contributed by atoms with Crippen molar-refractivity contribution in [1.29, 1.82) is 0 Å². The predicted molar refractivity (Wildman–Crippen MR) is 154 cm³/mol. The smallest absolute Gasteiger partial charge is 0.317 e. The molecule has 0 amide bonds. The molecule has 0 saturated carbocycles. The van der Waals surface area contributed by atoms with Crippen LogP contribution >= 0.6 is 0 Å². The lowest BCUT2D eigenvalue weighted by molar-refractivity contribution is -0.143. The number of ether oxygens (including phenoxy) is 2. The number of morpholine rings is 1. The Morgan fingerprint density at radius 2 is 1.80 bits per heavy atom. The summed E-state index contributed by atoms with van der Waals surface area (Å²) in [5.74, 6) is -0.794. The van der Waals surface area contributed by atoms with Gasteiger partial charge in [-0.2, -0.15) is 5.10 Å². The zero-order valence-electron chi connectivity index (χ0n) is 23.4. The number of rotatable bonds is 10. The van der Waals surface area contributed by atoms with Crippen molar-refractivity contribution in [2.45, 2.75) is 70.1 Å². The summed E-state index contributed by atoms with van der Waals surface area (Å²) in [6.45, 7) is 7.69. The van der Waals surface area contributed by atoms with E-state index in [-0.39, 0.29) is 30.5 Å². The second-order valence-corrected chi connectivity index (χ2v) is 11.3. The zero-order chi connectivity index (χ0) is 28.0. The van der Waals surface area contributed by atoms with Crippen molar-refractivity contribution >= 4 is 17.9 Å². The maximum absolute atomic E-state index is 11.2. The van der Waals surface area contributed by atoms with Crippen molar-refractivity contribution in [3.63, 3.8) is 0 Å². The number of aliphatic carboxylic acids is 1. The highest BCUT2D eigenvalue weighted by Crippen LogP contribution is 2.35. The highest BCUT2D eigenvalue weighted by atomic mass is 16.6. The number of carboxylic acid groups (broad SMARTS) is 1. The summed E-state index contributed by atoms with van der Waals surface area (Å²) < 4.78 is 12.4. The van der Waals surface area contributed by atoms with Crippen LogP contribution in [0.4, 0.5) is 0 Å². The zero-order valence-corrected chi connectivity index (χ0v) is 23.4. The van der Waals surface area contributed by atoms with Gasteiger partial charge in [-0.1, -0.05) is 59.8 Å². The first-order valence-electron chi connectivity index (χ1n) is 14.3. The first-order valence-corrected chi connectivity index (χ1v) is 14.3. The van der Waals surface area contributed by atoms with Crippen molar-refractivity contribution in [3.05, 3.63) is 71.3 Å². The van der Waals surface area contributed by atoms with Gasteiger partial charge in [0.05, 0.1) is 56.0 Å². The van der Waals surface area contributed by atoms with Gasteiger partial charge >= 0.3 is 5.97 Å². The maximum atomic E-state index is 11.2. The third-order valence-corrected chi connectivity index (χ3v) is 7.86. The highest BCUT2D eigenvalue weighted by Gasteiger charge is 2.40. The number of benzene rings is 2. The minimum atomic E-state index is -0.794. The van der Waals surface area contributed by atoms with E-state index in [1.807, 2.05) is 29.3 Å². The molecule has 40 heavy (non-hydrogen) atoms. The van der Waals surface area contributed by atoms with Gasteiger partial charge in [-0.25, -0.2) is 0 Å². The van der Waals surface area contributed by atoms with Crippen LogP contribution in [0.15, 0.2) is 64.9 Å². The molecule has 3 aliphatic heterocycles. The number of oxime groups is 1. The van der Waals surface area contributed by atoms with E-state index >= 15 is 0 Å². The Morgan fingerprint density at radius 3 is 2.48 bits per heavy atom. The summed E-state index contributed by atoms with van der Waals surface area (Å²) in [6, 6.07) is 18.4. The number of piperidine rings is 1. The molecule has 9 nitrogen and oxygen atoms in total. The molecule has 214 valence electrons. The van der Waals surface area contributed by atoms with Crippen LogP contribution in [0.5, 0.6) is 0 Å². The van der Waals surface area contributed by atoms with Crippen molar-refractivity contribution in [1.82, 2.24) is 9.91 Å². The Balaban J connectivity index is 1.18. The summed E-state index contributed by atoms with van der Waals surface area (Å²) in [4.78, 5) is 19.1. The van der Waals surface area contributed by atoms with Gasteiger partial charge in [0.2, 0.25) is 0 Å². The van der Waals surface area contributed by atoms with Crippen LogP contribution in [0.25, 0.3) is 0 Å². The molecule has 3 atom stereocenters. The fourth-order valence-electron chi connectivity index (χ4n) is 5.81. The van der Waals surface area contributed by atoms with Crippen molar-refractivity contribution in [2.24, 2.45) is 10.3 Å². The Hall–Kier alpha value is -3.27. The summed E-state index contributed by atoms with van der Waals surface area (Å²) in [5, 5.41) is 20.4. The second-order valence-electron chi connectivity index (χ2n) is 11.3. The Kier molecular flexibility index (Phi) is 9.14. The lowest BCUT2D eigenvalue weighted by Gasteiger charge is -2.42. The predicted octanol–water partition coefficient (Wildman–Crippen LogP) is 4.15. The van der Waals surface area contributed by atoms with Crippen molar-refractivity contribution in [3.8, 4) is 0 Å². The van der Waals surface area contributed by atoms with Crippen LogP contribution in [-0.2, 0) is 25.7 Å². The van der Waals surface area contributed by atoms with E-state index in [1.165, 1.54) is 0 Å². The minimum absolute atomic E-state index is 0.0628. The number of carbonyl (C=O) groups is 1. The van der Waals surface area contributed by atoms with Gasteiger partial charge in [0.25, 0.3) is 0 Å². The first kappa shape index (κ1) is 28.3. The van der Waals surface area contributed by atoms with Crippen LogP contribution in [0.2, 0.25) is 0 Å². The number of hydrogen-bond acceptors (Lipinski definition) is 8. The van der Waals surface area contributed by atoms with Gasteiger partial charge < -0.3 is 19.4 Å². The van der Waals surface area contributed by atoms with E-state index in [0.29, 0.717) is 26.1 Å². The molecule has 2 fully saturated rings. The lowest BCUT2D eigenvalue weighted by Crippen LogP contribution is -2.49. The molecule has 0 spiro atoms. The fourth-order valence-corrected chi connectivity index (χ4v) is 5.81. The molecule has 2 aromatic carbocycles. The van der Waals surface area contributed by atoms with E-state index in [2.05, 4.69) is 65.5 Å². The average molecular weight is 549 g/mol. The SMILES string of the molecule is CC1CN(/N=C/c2ccc(C3=NOC(CC4(OCc5ccccc5)CCN(CC(=O)O)CC4)C3)cc2)CC(C)O1. The van der Waals surface area contributed by atoms with Gasteiger partial charge in [0.1, 0.15) is 6.10 Å². The normalized spacial score (nSPS) is 25.1. The van der Waals surface area contributed by atoms with E-state index < -0.39 is 5.97 Å². The largest absolute Gasteiger partial charge is 0.480 e. The number of likely N-dealkylation sites (tertiary alicyclic amines) is 1. The standard InChI is InChI=1S/C31H40N4O5/c1-23-19-35(20-24(2)39-23)32-18-25-8-10-27(11-9-25)29-16-28(40-33-29)17-31(38-22-26-6-4-3-5-7-26)12-14-34(15-13-31)21-30(36)37/h3-11,18,23-24,28H,12-17,19-22H2,1-2H3,(H,36,37)/b32-18+. The van der Waals surface area contributed by atoms with Gasteiger partial charge in [0, 0.05) is 25.9 Å². The number of hydrogen-bond donors (Lipinski definition) is 1. The summed E-state index contributed by atoms with van der Waals surface area (Å²) >= 11 is 0. The Labute approximate surface area is 236 Å². The molecule has 3 unspecified atom stereocenters. The van der Waals surface area contributed by atoms with Crippen LogP contribution in [0.3, 0.4) is 0 Å². The van der Waals surface area contributed by atoms with Crippen LogP contribution < -0.4 is 0 Å². The molecule has 2 aromatic rings. The molecule has 1 N–H and O–H groups in total. The molecule has 0 bridgehead atoms. The first-order chi connectivity index (χ1) is 19.4. The van der Waals surface area contributed by atoms with Gasteiger partial charge in [-0.15, -0.1) is 0 Å². The average Bonchev–Trinajstić information content (AvgIpc) is 3.40. The number of carboxylic acids is 1. The molecular formula is C31H40N4O5.